The first kappa shape index (κ1) is 11.1. The lowest BCUT2D eigenvalue weighted by molar-refractivity contribution is 0.0576. The summed E-state index contributed by atoms with van der Waals surface area (Å²) >= 11 is 0. The molecule has 0 spiro atoms. The van der Waals surface area contributed by atoms with Crippen LogP contribution in [0.4, 0.5) is 0 Å². The van der Waals surface area contributed by atoms with E-state index in [-0.39, 0.29) is 5.41 Å². The van der Waals surface area contributed by atoms with Crippen molar-refractivity contribution in [2.24, 2.45) is 35.0 Å². The number of allylic oxidation sites excluding steroid dienone is 4. The largest absolute Gasteiger partial charge is 0.293 e. The van der Waals surface area contributed by atoms with Crippen LogP contribution in [0.15, 0.2) is 54.6 Å². The maximum absolute atomic E-state index is 13.4. The number of carbonyl (C=O) groups excluding carboxylic acids is 1. The molecule has 0 aliphatic heterocycles. The van der Waals surface area contributed by atoms with Crippen molar-refractivity contribution in [2.75, 3.05) is 0 Å². The fourth-order valence-electron chi connectivity index (χ4n) is 5.82. The topological polar surface area (TPSA) is 17.1 Å². The van der Waals surface area contributed by atoms with Gasteiger partial charge in [-0.15, -0.1) is 0 Å². The van der Waals surface area contributed by atoms with Crippen LogP contribution in [-0.2, 0) is 0 Å². The molecule has 0 heterocycles. The Balaban J connectivity index is 1.69. The van der Waals surface area contributed by atoms with E-state index in [1.807, 2.05) is 30.3 Å². The summed E-state index contributed by atoms with van der Waals surface area (Å²) in [5.74, 6) is 3.23. The third-order valence-corrected chi connectivity index (χ3v) is 6.36. The average molecular weight is 262 g/mol. The number of hydrogen-bond donors (Lipinski definition) is 0. The van der Waals surface area contributed by atoms with E-state index in [9.17, 15) is 4.79 Å². The van der Waals surface area contributed by atoms with Gasteiger partial charge in [-0.25, -0.2) is 0 Å². The SMILES string of the molecule is O=C(c1ccccc1)[C@]12[C@H]([C@H]3C=C[C@@H]1C3)[C@H]1C=C[C@@H]2C1. The molecule has 20 heavy (non-hydrogen) atoms. The molecule has 0 aromatic heterocycles. The highest BCUT2D eigenvalue weighted by molar-refractivity contribution is 6.02. The quantitative estimate of drug-likeness (QED) is 0.449. The Kier molecular flexibility index (Phi) is 1.95. The van der Waals surface area contributed by atoms with Gasteiger partial charge in [0.1, 0.15) is 0 Å². The number of Topliss-reactive ketones (excluding diaryl/α,β-unsaturated/α-hetero) is 1. The minimum atomic E-state index is -0.111. The van der Waals surface area contributed by atoms with Crippen molar-refractivity contribution in [2.45, 2.75) is 12.8 Å². The van der Waals surface area contributed by atoms with Gasteiger partial charge in [0.25, 0.3) is 0 Å². The van der Waals surface area contributed by atoms with Gasteiger partial charge >= 0.3 is 0 Å². The second-order valence-corrected chi connectivity index (χ2v) is 6.94. The van der Waals surface area contributed by atoms with Gasteiger partial charge in [0.2, 0.25) is 0 Å². The molecule has 4 aliphatic carbocycles. The van der Waals surface area contributed by atoms with Crippen molar-refractivity contribution < 1.29 is 4.79 Å². The summed E-state index contributed by atoms with van der Waals surface area (Å²) in [5.41, 5.74) is 0.805. The molecule has 4 atom stereocenters. The molecule has 1 aromatic rings. The van der Waals surface area contributed by atoms with Gasteiger partial charge in [-0.1, -0.05) is 54.6 Å². The summed E-state index contributed by atoms with van der Waals surface area (Å²) in [6, 6.07) is 9.97. The van der Waals surface area contributed by atoms with Crippen molar-refractivity contribution in [3.63, 3.8) is 0 Å². The zero-order valence-electron chi connectivity index (χ0n) is 11.4. The van der Waals surface area contributed by atoms with Crippen molar-refractivity contribution in [1.29, 1.82) is 0 Å². The van der Waals surface area contributed by atoms with Crippen LogP contribution in [-0.4, -0.2) is 5.78 Å². The van der Waals surface area contributed by atoms with E-state index >= 15 is 0 Å². The van der Waals surface area contributed by atoms with Crippen LogP contribution in [0, 0.1) is 35.0 Å². The van der Waals surface area contributed by atoms with Gasteiger partial charge in [0.15, 0.2) is 5.78 Å². The Labute approximate surface area is 119 Å². The summed E-state index contributed by atoms with van der Waals surface area (Å²) in [6.07, 6.45) is 11.9. The third-order valence-electron chi connectivity index (χ3n) is 6.36. The summed E-state index contributed by atoms with van der Waals surface area (Å²) < 4.78 is 0. The molecule has 4 bridgehead atoms. The van der Waals surface area contributed by atoms with Crippen LogP contribution in [0.3, 0.4) is 0 Å². The molecule has 2 saturated carbocycles. The zero-order valence-corrected chi connectivity index (χ0v) is 11.4. The van der Waals surface area contributed by atoms with Crippen LogP contribution < -0.4 is 0 Å². The fraction of sp³-hybridized carbons (Fsp3) is 0.421. The molecule has 1 heteroatoms. The Hall–Kier alpha value is -1.63. The Morgan fingerprint density at radius 3 is 2.10 bits per heavy atom. The number of carbonyl (C=O) groups is 1. The molecule has 0 saturated heterocycles. The second kappa shape index (κ2) is 3.52. The van der Waals surface area contributed by atoms with Gasteiger partial charge in [0, 0.05) is 5.56 Å². The van der Waals surface area contributed by atoms with E-state index in [1.165, 1.54) is 12.8 Å². The number of hydrogen-bond acceptors (Lipinski definition) is 1. The molecule has 1 nitrogen and oxygen atoms in total. The van der Waals surface area contributed by atoms with Crippen LogP contribution >= 0.6 is 0 Å². The number of rotatable bonds is 2. The predicted molar refractivity (Wildman–Crippen MR) is 78.2 cm³/mol. The summed E-state index contributed by atoms with van der Waals surface area (Å²) in [7, 11) is 0. The van der Waals surface area contributed by atoms with Crippen molar-refractivity contribution in [3.8, 4) is 0 Å². The number of ketones is 1. The summed E-state index contributed by atoms with van der Waals surface area (Å²) in [6.45, 7) is 0. The standard InChI is InChI=1S/C19H18O/c20-18(12-4-2-1-3-5-12)19-15-8-6-13(10-15)17(19)14-7-9-16(19)11-14/h1-9,13-17H,10-11H2/t13-,14-,15+,16+,17-,19-/m0/s1. The third kappa shape index (κ3) is 1.06. The van der Waals surface area contributed by atoms with Gasteiger partial charge in [-0.05, 0) is 42.4 Å². The molecule has 1 aromatic carbocycles. The first-order valence-electron chi connectivity index (χ1n) is 7.78. The molecule has 100 valence electrons. The molecule has 5 rings (SSSR count). The zero-order chi connectivity index (χ0) is 13.3. The van der Waals surface area contributed by atoms with Gasteiger partial charge in [0.05, 0.1) is 5.41 Å². The number of fused-ring (bicyclic) bond motifs is 9. The molecule has 0 amide bonds. The van der Waals surface area contributed by atoms with Crippen LogP contribution in [0.1, 0.15) is 23.2 Å². The maximum Gasteiger partial charge on any atom is 0.170 e. The van der Waals surface area contributed by atoms with E-state index in [0.717, 1.165) is 5.56 Å². The maximum atomic E-state index is 13.4. The second-order valence-electron chi connectivity index (χ2n) is 6.94. The fourth-order valence-corrected chi connectivity index (χ4v) is 5.82. The minimum Gasteiger partial charge on any atom is -0.293 e. The van der Waals surface area contributed by atoms with E-state index in [0.29, 0.717) is 35.4 Å². The smallest absolute Gasteiger partial charge is 0.170 e. The minimum absolute atomic E-state index is 0.111. The monoisotopic (exact) mass is 262 g/mol. The lowest BCUT2D eigenvalue weighted by Gasteiger charge is -2.42. The Bertz CT molecular complexity index is 611. The molecule has 0 unspecified atom stereocenters. The lowest BCUT2D eigenvalue weighted by Crippen LogP contribution is -2.45. The highest BCUT2D eigenvalue weighted by atomic mass is 16.1. The first-order valence-corrected chi connectivity index (χ1v) is 7.78. The highest BCUT2D eigenvalue weighted by Gasteiger charge is 2.69. The number of benzene rings is 1. The molecular weight excluding hydrogens is 244 g/mol. The van der Waals surface area contributed by atoms with Crippen LogP contribution in [0.2, 0.25) is 0 Å². The molecule has 4 aliphatic rings. The van der Waals surface area contributed by atoms with E-state index in [2.05, 4.69) is 24.3 Å². The van der Waals surface area contributed by atoms with Gasteiger partial charge in [-0.3, -0.25) is 4.79 Å². The first-order chi connectivity index (χ1) is 9.81. The lowest BCUT2D eigenvalue weighted by atomic mass is 9.59. The highest BCUT2D eigenvalue weighted by Crippen LogP contribution is 2.71. The average Bonchev–Trinajstić information content (AvgIpc) is 3.25. The molecular formula is C19H18O. The van der Waals surface area contributed by atoms with Crippen molar-refractivity contribution >= 4 is 5.78 Å². The molecule has 0 N–H and O–H groups in total. The van der Waals surface area contributed by atoms with Crippen molar-refractivity contribution in [3.05, 3.63) is 60.2 Å². The van der Waals surface area contributed by atoms with Crippen LogP contribution in [0.5, 0.6) is 0 Å². The molecule has 0 radical (unpaired) electrons. The van der Waals surface area contributed by atoms with E-state index in [1.54, 1.807) is 0 Å². The molecule has 2 fully saturated rings. The van der Waals surface area contributed by atoms with E-state index < -0.39 is 0 Å². The van der Waals surface area contributed by atoms with Gasteiger partial charge in [-0.2, -0.15) is 0 Å². The van der Waals surface area contributed by atoms with E-state index in [4.69, 9.17) is 0 Å². The summed E-state index contributed by atoms with van der Waals surface area (Å²) in [4.78, 5) is 13.4. The van der Waals surface area contributed by atoms with Crippen LogP contribution in [0.25, 0.3) is 0 Å². The van der Waals surface area contributed by atoms with Crippen molar-refractivity contribution in [1.82, 2.24) is 0 Å². The normalized spacial score (nSPS) is 46.1. The predicted octanol–water partition coefficient (Wildman–Crippen LogP) is 3.88. The summed E-state index contributed by atoms with van der Waals surface area (Å²) in [5, 5.41) is 0. The Morgan fingerprint density at radius 1 is 0.900 bits per heavy atom. The van der Waals surface area contributed by atoms with Gasteiger partial charge < -0.3 is 0 Å². The Morgan fingerprint density at radius 2 is 1.50 bits per heavy atom.